The quantitative estimate of drug-likeness (QED) is 0.379. The minimum absolute atomic E-state index is 0.339. The minimum atomic E-state index is -1.71. The van der Waals surface area contributed by atoms with Crippen LogP contribution in [-0.4, -0.2) is 35.4 Å². The summed E-state index contributed by atoms with van der Waals surface area (Å²) in [5.41, 5.74) is 3.65. The van der Waals surface area contributed by atoms with E-state index in [2.05, 4.69) is 10.6 Å². The number of methoxy groups -OCH3 is 1. The second-order valence-corrected chi connectivity index (χ2v) is 10.8. The maximum atomic E-state index is 14.0. The summed E-state index contributed by atoms with van der Waals surface area (Å²) in [6, 6.07) is 18.4. The summed E-state index contributed by atoms with van der Waals surface area (Å²) < 4.78 is 5.61. The summed E-state index contributed by atoms with van der Waals surface area (Å²) >= 11 is 0. The molecule has 0 heterocycles. The fourth-order valence-corrected chi connectivity index (χ4v) is 5.57. The summed E-state index contributed by atoms with van der Waals surface area (Å²) in [6.07, 6.45) is -0.339. The lowest BCUT2D eigenvalue weighted by molar-refractivity contribution is -0.150. The number of hydrogen-bond acceptors (Lipinski definition) is 5. The van der Waals surface area contributed by atoms with E-state index in [1.807, 2.05) is 64.1 Å². The van der Waals surface area contributed by atoms with Gasteiger partial charge in [-0.3, -0.25) is 14.4 Å². The fraction of sp³-hybridized carbons (Fsp3) is 0.344. The lowest BCUT2D eigenvalue weighted by Crippen LogP contribution is -2.56. The smallest absolute Gasteiger partial charge is 0.235 e. The Kier molecular flexibility index (Phi) is 7.93. The lowest BCUT2D eigenvalue weighted by atomic mass is 9.61. The van der Waals surface area contributed by atoms with Crippen molar-refractivity contribution in [2.75, 3.05) is 17.7 Å². The van der Waals surface area contributed by atoms with Crippen LogP contribution in [0.25, 0.3) is 0 Å². The van der Waals surface area contributed by atoms with Gasteiger partial charge in [0.15, 0.2) is 0 Å². The maximum Gasteiger partial charge on any atom is 0.235 e. The molecule has 7 heteroatoms. The number of anilines is 2. The summed E-state index contributed by atoms with van der Waals surface area (Å²) in [6.45, 7) is 9.09. The van der Waals surface area contributed by atoms with Crippen LogP contribution in [0.15, 0.2) is 60.7 Å². The van der Waals surface area contributed by atoms with Crippen molar-refractivity contribution in [2.45, 2.75) is 52.6 Å². The molecule has 0 aliphatic heterocycles. The SMILES string of the molecule is COc1ccccc1C1C(C(=O)Nc2cc(C)ccc2C)C(=O)CC(C)(O)C1C(=O)Nc1cc(C)ccc1C. The number of carbonyl (C=O) groups excluding carboxylic acids is 3. The number of nitrogens with one attached hydrogen (secondary N) is 2. The molecule has 3 N–H and O–H groups in total. The Morgan fingerprint density at radius 1 is 0.872 bits per heavy atom. The van der Waals surface area contributed by atoms with E-state index in [9.17, 15) is 19.5 Å². The van der Waals surface area contributed by atoms with Gasteiger partial charge >= 0.3 is 0 Å². The van der Waals surface area contributed by atoms with Gasteiger partial charge in [-0.1, -0.05) is 42.5 Å². The number of ketones is 1. The van der Waals surface area contributed by atoms with Crippen molar-refractivity contribution in [2.24, 2.45) is 11.8 Å². The number of Topliss-reactive ketones (excluding diaryl/α,β-unsaturated/α-hetero) is 1. The van der Waals surface area contributed by atoms with Crippen molar-refractivity contribution >= 4 is 29.0 Å². The molecule has 1 aliphatic carbocycles. The van der Waals surface area contributed by atoms with Crippen LogP contribution < -0.4 is 15.4 Å². The molecule has 0 aromatic heterocycles. The van der Waals surface area contributed by atoms with Gasteiger partial charge in [0.1, 0.15) is 17.5 Å². The highest BCUT2D eigenvalue weighted by molar-refractivity contribution is 6.11. The van der Waals surface area contributed by atoms with Gasteiger partial charge in [-0.15, -0.1) is 0 Å². The first-order valence-corrected chi connectivity index (χ1v) is 13.1. The van der Waals surface area contributed by atoms with Crippen molar-refractivity contribution < 1.29 is 24.2 Å². The van der Waals surface area contributed by atoms with Crippen LogP contribution in [0.3, 0.4) is 0 Å². The Morgan fingerprint density at radius 3 is 1.97 bits per heavy atom. The number of benzene rings is 3. The van der Waals surface area contributed by atoms with E-state index in [0.717, 1.165) is 22.3 Å². The van der Waals surface area contributed by atoms with E-state index >= 15 is 0 Å². The van der Waals surface area contributed by atoms with Crippen LogP contribution >= 0.6 is 0 Å². The Labute approximate surface area is 229 Å². The third kappa shape index (κ3) is 5.73. The minimum Gasteiger partial charge on any atom is -0.496 e. The van der Waals surface area contributed by atoms with Crippen LogP contribution in [0.2, 0.25) is 0 Å². The Balaban J connectivity index is 1.83. The zero-order chi connectivity index (χ0) is 28.5. The maximum absolute atomic E-state index is 14.0. The van der Waals surface area contributed by atoms with Crippen molar-refractivity contribution in [3.8, 4) is 5.75 Å². The van der Waals surface area contributed by atoms with Gasteiger partial charge in [-0.25, -0.2) is 0 Å². The highest BCUT2D eigenvalue weighted by Gasteiger charge is 2.56. The Bertz CT molecular complexity index is 1430. The van der Waals surface area contributed by atoms with Gasteiger partial charge in [-0.05, 0) is 80.6 Å². The third-order valence-electron chi connectivity index (χ3n) is 7.63. The molecule has 1 saturated carbocycles. The van der Waals surface area contributed by atoms with Crippen molar-refractivity contribution in [1.29, 1.82) is 0 Å². The number of para-hydroxylation sites is 1. The van der Waals surface area contributed by atoms with E-state index in [1.54, 1.807) is 24.3 Å². The monoisotopic (exact) mass is 528 g/mol. The second kappa shape index (κ2) is 11.0. The van der Waals surface area contributed by atoms with E-state index < -0.39 is 41.0 Å². The number of aryl methyl sites for hydroxylation is 4. The van der Waals surface area contributed by atoms with Crippen molar-refractivity contribution in [1.82, 2.24) is 0 Å². The predicted molar refractivity (Wildman–Crippen MR) is 152 cm³/mol. The number of aliphatic hydroxyl groups is 1. The standard InChI is InChI=1S/C32H36N2O5/c1-18-11-13-20(3)23(15-18)33-30(36)28-25(35)17-32(5,38)29(27(28)22-9-7-8-10-26(22)39-6)31(37)34-24-16-19(2)12-14-21(24)4/h7-16,27-29,38H,17H2,1-6H3,(H,33,36)(H,34,37). The lowest BCUT2D eigenvalue weighted by Gasteiger charge is -2.44. The van der Waals surface area contributed by atoms with Crippen LogP contribution in [0.5, 0.6) is 5.75 Å². The van der Waals surface area contributed by atoms with Gasteiger partial charge in [0.25, 0.3) is 0 Å². The van der Waals surface area contributed by atoms with Gasteiger partial charge in [-0.2, -0.15) is 0 Å². The topological polar surface area (TPSA) is 105 Å². The first kappa shape index (κ1) is 28.0. The molecule has 0 spiro atoms. The predicted octanol–water partition coefficient (Wildman–Crippen LogP) is 5.25. The van der Waals surface area contributed by atoms with Gasteiger partial charge in [0, 0.05) is 23.7 Å². The Hall–Kier alpha value is -3.97. The zero-order valence-corrected chi connectivity index (χ0v) is 23.3. The fourth-order valence-electron chi connectivity index (χ4n) is 5.57. The number of carbonyl (C=O) groups is 3. The molecule has 0 radical (unpaired) electrons. The highest BCUT2D eigenvalue weighted by atomic mass is 16.5. The van der Waals surface area contributed by atoms with Gasteiger partial charge in [0.2, 0.25) is 11.8 Å². The molecule has 4 atom stereocenters. The average molecular weight is 529 g/mol. The number of ether oxygens (including phenoxy) is 1. The molecule has 204 valence electrons. The molecular formula is C32H36N2O5. The summed E-state index contributed by atoms with van der Waals surface area (Å²) in [5.74, 6) is -4.33. The van der Waals surface area contributed by atoms with Crippen molar-refractivity contribution in [3.63, 3.8) is 0 Å². The molecule has 39 heavy (non-hydrogen) atoms. The average Bonchev–Trinajstić information content (AvgIpc) is 2.87. The van der Waals surface area contributed by atoms with E-state index in [4.69, 9.17) is 4.74 Å². The van der Waals surface area contributed by atoms with Gasteiger partial charge < -0.3 is 20.5 Å². The first-order valence-electron chi connectivity index (χ1n) is 13.1. The van der Waals surface area contributed by atoms with Crippen molar-refractivity contribution in [3.05, 3.63) is 88.5 Å². The van der Waals surface area contributed by atoms with E-state index in [-0.39, 0.29) is 6.42 Å². The van der Waals surface area contributed by atoms with Crippen LogP contribution in [0, 0.1) is 39.5 Å². The van der Waals surface area contributed by atoms with E-state index in [1.165, 1.54) is 14.0 Å². The number of amides is 2. The largest absolute Gasteiger partial charge is 0.496 e. The molecule has 1 aliphatic rings. The zero-order valence-electron chi connectivity index (χ0n) is 23.3. The van der Waals surface area contributed by atoms with Crippen LogP contribution in [0.4, 0.5) is 11.4 Å². The summed E-state index contributed by atoms with van der Waals surface area (Å²) in [4.78, 5) is 41.5. The number of hydrogen-bond donors (Lipinski definition) is 3. The molecule has 0 saturated heterocycles. The molecule has 2 amide bonds. The number of rotatable bonds is 6. The highest BCUT2D eigenvalue weighted by Crippen LogP contribution is 2.49. The normalized spacial score (nSPS) is 22.7. The summed E-state index contributed by atoms with van der Waals surface area (Å²) in [7, 11) is 1.50. The molecule has 7 nitrogen and oxygen atoms in total. The molecule has 4 unspecified atom stereocenters. The molecule has 4 rings (SSSR count). The molecule has 3 aromatic carbocycles. The first-order chi connectivity index (χ1) is 18.4. The van der Waals surface area contributed by atoms with Gasteiger partial charge in [0.05, 0.1) is 18.6 Å². The second-order valence-electron chi connectivity index (χ2n) is 10.8. The van der Waals surface area contributed by atoms with Crippen LogP contribution in [-0.2, 0) is 14.4 Å². The molecule has 0 bridgehead atoms. The molecule has 3 aromatic rings. The summed E-state index contributed by atoms with van der Waals surface area (Å²) in [5, 5.41) is 17.5. The van der Waals surface area contributed by atoms with E-state index in [0.29, 0.717) is 22.7 Å². The Morgan fingerprint density at radius 2 is 1.41 bits per heavy atom. The molecule has 1 fully saturated rings. The van der Waals surface area contributed by atoms with Crippen LogP contribution in [0.1, 0.15) is 47.1 Å². The third-order valence-corrected chi connectivity index (χ3v) is 7.63. The molecular weight excluding hydrogens is 492 g/mol.